The fourth-order valence-electron chi connectivity index (χ4n) is 2.42. The maximum atomic E-state index is 12.5. The van der Waals surface area contributed by atoms with Gasteiger partial charge in [0, 0.05) is 13.2 Å². The average molecular weight is 305 g/mol. The van der Waals surface area contributed by atoms with Crippen LogP contribution in [0.25, 0.3) is 0 Å². The van der Waals surface area contributed by atoms with E-state index in [4.69, 9.17) is 21.1 Å². The van der Waals surface area contributed by atoms with E-state index >= 15 is 0 Å². The molecule has 0 radical (unpaired) electrons. The molecule has 6 heteroatoms. The zero-order chi connectivity index (χ0) is 14.0. The lowest BCUT2D eigenvalue weighted by atomic mass is 10.3. The van der Waals surface area contributed by atoms with Crippen LogP contribution in [0.3, 0.4) is 0 Å². The quantitative estimate of drug-likeness (QED) is 0.858. The van der Waals surface area contributed by atoms with Gasteiger partial charge in [-0.1, -0.05) is 11.6 Å². The molecule has 1 aliphatic rings. The first kappa shape index (κ1) is 14.6. The molecule has 2 atom stereocenters. The summed E-state index contributed by atoms with van der Waals surface area (Å²) in [7, 11) is -0.280. The molecule has 0 heterocycles. The van der Waals surface area contributed by atoms with E-state index in [-0.39, 0.29) is 16.0 Å². The third-order valence-electron chi connectivity index (χ3n) is 3.55. The second kappa shape index (κ2) is 5.69. The minimum Gasteiger partial charge on any atom is -0.497 e. The van der Waals surface area contributed by atoms with Gasteiger partial charge in [0.25, 0.3) is 0 Å². The van der Waals surface area contributed by atoms with E-state index in [0.717, 1.165) is 6.42 Å². The SMILES string of the molecule is COc1ccc(S(=O)(=O)[C@H]2CC[C@H](OC)C2)c(Cl)c1. The first-order chi connectivity index (χ1) is 8.98. The van der Waals surface area contributed by atoms with Crippen molar-refractivity contribution in [3.63, 3.8) is 0 Å². The van der Waals surface area contributed by atoms with Gasteiger partial charge >= 0.3 is 0 Å². The van der Waals surface area contributed by atoms with Crippen molar-refractivity contribution < 1.29 is 17.9 Å². The number of sulfone groups is 1. The molecule has 0 aliphatic heterocycles. The van der Waals surface area contributed by atoms with Crippen LogP contribution in [0.2, 0.25) is 5.02 Å². The fraction of sp³-hybridized carbons (Fsp3) is 0.538. The van der Waals surface area contributed by atoms with Crippen molar-refractivity contribution in [1.29, 1.82) is 0 Å². The third-order valence-corrected chi connectivity index (χ3v) is 6.25. The van der Waals surface area contributed by atoms with Crippen LogP contribution in [0.4, 0.5) is 0 Å². The molecule has 4 nitrogen and oxygen atoms in total. The van der Waals surface area contributed by atoms with Gasteiger partial charge in [0.15, 0.2) is 9.84 Å². The summed E-state index contributed by atoms with van der Waals surface area (Å²) >= 11 is 6.05. The van der Waals surface area contributed by atoms with Crippen LogP contribution in [0.15, 0.2) is 23.1 Å². The van der Waals surface area contributed by atoms with Crippen molar-refractivity contribution in [1.82, 2.24) is 0 Å². The second-order valence-corrected chi connectivity index (χ2v) is 7.24. The maximum Gasteiger partial charge on any atom is 0.182 e. The van der Waals surface area contributed by atoms with Crippen molar-refractivity contribution in [3.8, 4) is 5.75 Å². The van der Waals surface area contributed by atoms with E-state index < -0.39 is 15.1 Å². The molecular formula is C13H17ClO4S. The van der Waals surface area contributed by atoms with Crippen LogP contribution < -0.4 is 4.74 Å². The van der Waals surface area contributed by atoms with E-state index in [1.807, 2.05) is 0 Å². The predicted octanol–water partition coefficient (Wildman–Crippen LogP) is 2.69. The minimum atomic E-state index is -3.40. The van der Waals surface area contributed by atoms with Crippen LogP contribution >= 0.6 is 11.6 Å². The number of halogens is 1. The standard InChI is InChI=1S/C13H17ClO4S/c1-17-9-3-5-11(7-9)19(15,16)13-6-4-10(18-2)8-12(13)14/h4,6,8-9,11H,3,5,7H2,1-2H3/t9-,11-/m0/s1. The molecular weight excluding hydrogens is 288 g/mol. The molecule has 0 aromatic heterocycles. The summed E-state index contributed by atoms with van der Waals surface area (Å²) in [6, 6.07) is 4.65. The topological polar surface area (TPSA) is 52.6 Å². The number of ether oxygens (including phenoxy) is 2. The largest absolute Gasteiger partial charge is 0.497 e. The molecule has 0 saturated heterocycles. The second-order valence-electron chi connectivity index (χ2n) is 4.63. The van der Waals surface area contributed by atoms with E-state index in [2.05, 4.69) is 0 Å². The molecule has 1 aromatic rings. The predicted molar refractivity (Wildman–Crippen MR) is 73.6 cm³/mol. The zero-order valence-corrected chi connectivity index (χ0v) is 12.5. The Balaban J connectivity index is 2.30. The summed E-state index contributed by atoms with van der Waals surface area (Å²) in [6.07, 6.45) is 1.94. The number of hydrogen-bond donors (Lipinski definition) is 0. The van der Waals surface area contributed by atoms with E-state index in [1.54, 1.807) is 13.2 Å². The van der Waals surface area contributed by atoms with Crippen LogP contribution in [0.5, 0.6) is 5.75 Å². The van der Waals surface area contributed by atoms with Crippen molar-refractivity contribution in [3.05, 3.63) is 23.2 Å². The molecule has 19 heavy (non-hydrogen) atoms. The maximum absolute atomic E-state index is 12.5. The average Bonchev–Trinajstić information content (AvgIpc) is 2.87. The van der Waals surface area contributed by atoms with Gasteiger partial charge in [0.1, 0.15) is 5.75 Å². The smallest absolute Gasteiger partial charge is 0.182 e. The Labute approximate surface area is 118 Å². The van der Waals surface area contributed by atoms with Gasteiger partial charge in [-0.05, 0) is 31.4 Å². The highest BCUT2D eigenvalue weighted by Gasteiger charge is 2.36. The van der Waals surface area contributed by atoms with Gasteiger partial charge in [0.05, 0.1) is 28.4 Å². The molecule has 0 N–H and O–H groups in total. The lowest BCUT2D eigenvalue weighted by Crippen LogP contribution is -2.20. The summed E-state index contributed by atoms with van der Waals surface area (Å²) in [5.41, 5.74) is 0. The lowest BCUT2D eigenvalue weighted by Gasteiger charge is -2.14. The highest BCUT2D eigenvalue weighted by Crippen LogP contribution is 2.35. The summed E-state index contributed by atoms with van der Waals surface area (Å²) in [4.78, 5) is 0.178. The highest BCUT2D eigenvalue weighted by atomic mass is 35.5. The van der Waals surface area contributed by atoms with Gasteiger partial charge in [-0.25, -0.2) is 8.42 Å². The Bertz CT molecular complexity index is 556. The Kier molecular flexibility index (Phi) is 4.38. The third kappa shape index (κ3) is 2.88. The fourth-order valence-corrected chi connectivity index (χ4v) is 4.77. The molecule has 0 spiro atoms. The molecule has 106 valence electrons. The van der Waals surface area contributed by atoms with Gasteiger partial charge < -0.3 is 9.47 Å². The molecule has 1 aromatic carbocycles. The first-order valence-corrected chi connectivity index (χ1v) is 8.01. The number of rotatable bonds is 4. The zero-order valence-electron chi connectivity index (χ0n) is 10.9. The van der Waals surface area contributed by atoms with E-state index in [9.17, 15) is 8.42 Å². The Morgan fingerprint density at radius 1 is 1.26 bits per heavy atom. The Morgan fingerprint density at radius 3 is 2.53 bits per heavy atom. The lowest BCUT2D eigenvalue weighted by molar-refractivity contribution is 0.109. The summed E-state index contributed by atoms with van der Waals surface area (Å²) in [5, 5.41) is -0.205. The Hall–Kier alpha value is -0.780. The normalized spacial score (nSPS) is 23.5. The summed E-state index contributed by atoms with van der Waals surface area (Å²) in [6.45, 7) is 0. The van der Waals surface area contributed by atoms with Crippen LogP contribution in [-0.4, -0.2) is 34.0 Å². The molecule has 0 unspecified atom stereocenters. The number of benzene rings is 1. The van der Waals surface area contributed by atoms with Crippen molar-refractivity contribution >= 4 is 21.4 Å². The van der Waals surface area contributed by atoms with Crippen molar-refractivity contribution in [2.45, 2.75) is 35.5 Å². The molecule has 1 fully saturated rings. The molecule has 0 amide bonds. The summed E-state index contributed by atoms with van der Waals surface area (Å²) in [5.74, 6) is 0.546. The minimum absolute atomic E-state index is 0.0248. The van der Waals surface area contributed by atoms with Crippen LogP contribution in [-0.2, 0) is 14.6 Å². The number of hydrogen-bond acceptors (Lipinski definition) is 4. The monoisotopic (exact) mass is 304 g/mol. The van der Waals surface area contributed by atoms with Gasteiger partial charge in [-0.2, -0.15) is 0 Å². The summed E-state index contributed by atoms with van der Waals surface area (Å²) < 4.78 is 35.3. The molecule has 2 rings (SSSR count). The van der Waals surface area contributed by atoms with Crippen LogP contribution in [0, 0.1) is 0 Å². The van der Waals surface area contributed by atoms with Gasteiger partial charge in [0.2, 0.25) is 0 Å². The van der Waals surface area contributed by atoms with Gasteiger partial charge in [-0.15, -0.1) is 0 Å². The highest BCUT2D eigenvalue weighted by molar-refractivity contribution is 7.92. The number of methoxy groups -OCH3 is 2. The Morgan fingerprint density at radius 2 is 2.00 bits per heavy atom. The molecule has 1 saturated carbocycles. The van der Waals surface area contributed by atoms with Crippen LogP contribution in [0.1, 0.15) is 19.3 Å². The van der Waals surface area contributed by atoms with Crippen molar-refractivity contribution in [2.24, 2.45) is 0 Å². The molecule has 1 aliphatic carbocycles. The van der Waals surface area contributed by atoms with E-state index in [1.165, 1.54) is 19.2 Å². The van der Waals surface area contributed by atoms with Gasteiger partial charge in [-0.3, -0.25) is 0 Å². The first-order valence-electron chi connectivity index (χ1n) is 6.09. The van der Waals surface area contributed by atoms with E-state index in [0.29, 0.717) is 18.6 Å². The van der Waals surface area contributed by atoms with Crippen molar-refractivity contribution in [2.75, 3.05) is 14.2 Å². The molecule has 0 bridgehead atoms.